The third-order valence-corrected chi connectivity index (χ3v) is 4.44. The van der Waals surface area contributed by atoms with E-state index in [1.807, 2.05) is 18.2 Å². The Morgan fingerprint density at radius 3 is 2.93 bits per heavy atom. The maximum atomic E-state index is 12.4. The molecule has 0 spiro atoms. The first kappa shape index (κ1) is 21.9. The van der Waals surface area contributed by atoms with Crippen molar-refractivity contribution >= 4 is 5.97 Å². The predicted molar refractivity (Wildman–Crippen MR) is 103 cm³/mol. The monoisotopic (exact) mass is 417 g/mol. The van der Waals surface area contributed by atoms with Gasteiger partial charge in [0.2, 0.25) is 0 Å². The Bertz CT molecular complexity index is 847. The second-order valence-electron chi connectivity index (χ2n) is 7.10. The van der Waals surface area contributed by atoms with Crippen molar-refractivity contribution in [1.82, 2.24) is 0 Å². The number of azide groups is 1. The molecule has 2 fully saturated rings. The van der Waals surface area contributed by atoms with Gasteiger partial charge >= 0.3 is 5.97 Å². The van der Waals surface area contributed by atoms with Crippen LogP contribution in [0, 0.1) is 12.3 Å². The van der Waals surface area contributed by atoms with Crippen LogP contribution in [-0.2, 0) is 35.1 Å². The zero-order valence-electron chi connectivity index (χ0n) is 16.7. The molecule has 0 aromatic heterocycles. The lowest BCUT2D eigenvalue weighted by Crippen LogP contribution is -2.40. The number of carbonyl (C=O) groups is 1. The minimum absolute atomic E-state index is 0.0185. The van der Waals surface area contributed by atoms with Crippen LogP contribution >= 0.6 is 0 Å². The Morgan fingerprint density at radius 1 is 1.37 bits per heavy atom. The van der Waals surface area contributed by atoms with E-state index in [1.54, 1.807) is 19.9 Å². The van der Waals surface area contributed by atoms with Gasteiger partial charge in [0.15, 0.2) is 24.3 Å². The summed E-state index contributed by atoms with van der Waals surface area (Å²) in [6.45, 7) is 3.43. The number of para-hydroxylation sites is 1. The molecule has 0 N–H and O–H groups in total. The van der Waals surface area contributed by atoms with Crippen LogP contribution < -0.4 is 4.74 Å². The maximum absolute atomic E-state index is 12.4. The van der Waals surface area contributed by atoms with Crippen molar-refractivity contribution in [1.29, 1.82) is 0 Å². The van der Waals surface area contributed by atoms with Crippen LogP contribution in [0.5, 0.6) is 5.75 Å². The number of ether oxygens (including phenoxy) is 6. The third-order valence-electron chi connectivity index (χ3n) is 4.44. The lowest BCUT2D eigenvalue weighted by Gasteiger charge is -2.25. The molecule has 2 heterocycles. The molecule has 10 nitrogen and oxygen atoms in total. The molecule has 0 saturated carbocycles. The van der Waals surface area contributed by atoms with Gasteiger partial charge in [0.25, 0.3) is 0 Å². The van der Waals surface area contributed by atoms with Gasteiger partial charge in [-0.15, -0.1) is 6.42 Å². The molecule has 0 amide bonds. The Kier molecular flexibility index (Phi) is 7.15. The molecular formula is C20H23N3O7. The van der Waals surface area contributed by atoms with Crippen molar-refractivity contribution in [2.45, 2.75) is 50.8 Å². The molecule has 0 aliphatic carbocycles. The fourth-order valence-corrected chi connectivity index (χ4v) is 3.27. The van der Waals surface area contributed by atoms with Gasteiger partial charge in [-0.05, 0) is 25.4 Å². The first-order valence-corrected chi connectivity index (χ1v) is 9.37. The molecule has 10 heteroatoms. The van der Waals surface area contributed by atoms with Gasteiger partial charge in [-0.3, -0.25) is 0 Å². The van der Waals surface area contributed by atoms with E-state index in [2.05, 4.69) is 15.9 Å². The summed E-state index contributed by atoms with van der Waals surface area (Å²) in [5.74, 6) is 1.51. The number of rotatable bonds is 9. The van der Waals surface area contributed by atoms with Gasteiger partial charge in [-0.2, -0.15) is 0 Å². The second kappa shape index (κ2) is 9.80. The van der Waals surface area contributed by atoms with Crippen molar-refractivity contribution in [3.05, 3.63) is 40.3 Å². The topological polar surface area (TPSA) is 121 Å². The summed E-state index contributed by atoms with van der Waals surface area (Å²) in [7, 11) is 0. The highest BCUT2D eigenvalue weighted by Crippen LogP contribution is 2.38. The fourth-order valence-electron chi connectivity index (χ4n) is 3.27. The summed E-state index contributed by atoms with van der Waals surface area (Å²) in [5.41, 5.74) is 9.32. The molecule has 3 rings (SSSR count). The van der Waals surface area contributed by atoms with Crippen molar-refractivity contribution < 1.29 is 33.2 Å². The van der Waals surface area contributed by atoms with Crippen molar-refractivity contribution in [3.63, 3.8) is 0 Å². The summed E-state index contributed by atoms with van der Waals surface area (Å²) in [6, 6.07) is 7.22. The minimum Gasteiger partial charge on any atom is -0.481 e. The van der Waals surface area contributed by atoms with Gasteiger partial charge in [-0.1, -0.05) is 29.2 Å². The first-order valence-electron chi connectivity index (χ1n) is 9.37. The van der Waals surface area contributed by atoms with E-state index in [0.29, 0.717) is 5.75 Å². The van der Waals surface area contributed by atoms with Crippen LogP contribution in [0.15, 0.2) is 29.4 Å². The van der Waals surface area contributed by atoms with E-state index in [0.717, 1.165) is 5.56 Å². The van der Waals surface area contributed by atoms with Crippen molar-refractivity contribution in [2.75, 3.05) is 19.8 Å². The smallest absolute Gasteiger partial charge is 0.332 e. The number of benzene rings is 1. The maximum Gasteiger partial charge on any atom is 0.332 e. The van der Waals surface area contributed by atoms with Crippen LogP contribution in [0.1, 0.15) is 19.4 Å². The number of hydrogen-bond donors (Lipinski definition) is 0. The number of terminal acetylenes is 1. The van der Waals surface area contributed by atoms with Crippen molar-refractivity contribution in [3.8, 4) is 18.1 Å². The largest absolute Gasteiger partial charge is 0.481 e. The molecule has 30 heavy (non-hydrogen) atoms. The van der Waals surface area contributed by atoms with Crippen LogP contribution in [0.25, 0.3) is 10.4 Å². The lowest BCUT2D eigenvalue weighted by atomic mass is 10.1. The Balaban J connectivity index is 1.55. The molecule has 160 valence electrons. The van der Waals surface area contributed by atoms with Gasteiger partial charge < -0.3 is 28.4 Å². The number of esters is 1. The summed E-state index contributed by atoms with van der Waals surface area (Å²) >= 11 is 0. The molecule has 1 aromatic rings. The van der Waals surface area contributed by atoms with Gasteiger partial charge in [0.1, 0.15) is 25.1 Å². The summed E-state index contributed by atoms with van der Waals surface area (Å²) in [6.07, 6.45) is 2.42. The SMILES string of the molecule is C#CCOc1ccccc1COCC(=O)O[C@@H]1[C@H]2OC(C)(C)O[C@H]2O[C@@H]1CN=[N+]=[N-]. The number of carbonyl (C=O) groups excluding carboxylic acids is 1. The van der Waals surface area contributed by atoms with Gasteiger partial charge in [-0.25, -0.2) is 4.79 Å². The minimum atomic E-state index is -0.873. The summed E-state index contributed by atoms with van der Waals surface area (Å²) in [4.78, 5) is 15.1. The van der Waals surface area contributed by atoms with E-state index in [4.69, 9.17) is 40.4 Å². The lowest BCUT2D eigenvalue weighted by molar-refractivity contribution is -0.218. The molecule has 2 saturated heterocycles. The molecular weight excluding hydrogens is 394 g/mol. The zero-order valence-corrected chi connectivity index (χ0v) is 16.7. The Labute approximate surface area is 174 Å². The van der Waals surface area contributed by atoms with Crippen LogP contribution in [0.2, 0.25) is 0 Å². The third kappa shape index (κ3) is 5.42. The summed E-state index contributed by atoms with van der Waals surface area (Å²) < 4.78 is 33.6. The highest BCUT2D eigenvalue weighted by molar-refractivity contribution is 5.71. The predicted octanol–water partition coefficient (Wildman–Crippen LogP) is 2.31. The average Bonchev–Trinajstić information content (AvgIpc) is 3.17. The average molecular weight is 417 g/mol. The highest BCUT2D eigenvalue weighted by atomic mass is 16.8. The first-order chi connectivity index (χ1) is 14.4. The van der Waals surface area contributed by atoms with Crippen LogP contribution in [-0.4, -0.2) is 56.1 Å². The van der Waals surface area contributed by atoms with E-state index in [1.165, 1.54) is 0 Å². The Hall–Kier alpha value is -2.80. The van der Waals surface area contributed by atoms with Crippen molar-refractivity contribution in [2.24, 2.45) is 5.11 Å². The molecule has 1 aromatic carbocycles. The highest BCUT2D eigenvalue weighted by Gasteiger charge is 2.56. The second-order valence-corrected chi connectivity index (χ2v) is 7.10. The molecule has 0 radical (unpaired) electrons. The quantitative estimate of drug-likeness (QED) is 0.199. The zero-order chi connectivity index (χ0) is 21.6. The van der Waals surface area contributed by atoms with Gasteiger partial charge in [0.05, 0.1) is 13.2 Å². The van der Waals surface area contributed by atoms with E-state index >= 15 is 0 Å². The number of hydrogen-bond acceptors (Lipinski definition) is 8. The van der Waals surface area contributed by atoms with Gasteiger partial charge in [0, 0.05) is 10.5 Å². The normalized spacial score (nSPS) is 26.3. The number of fused-ring (bicyclic) bond motifs is 1. The molecule has 2 aliphatic heterocycles. The molecule has 2 aliphatic rings. The van der Waals surface area contributed by atoms with E-state index in [9.17, 15) is 4.79 Å². The molecule has 4 atom stereocenters. The fraction of sp³-hybridized carbons (Fsp3) is 0.550. The van der Waals surface area contributed by atoms with E-state index in [-0.39, 0.29) is 26.4 Å². The van der Waals surface area contributed by atoms with Crippen LogP contribution in [0.4, 0.5) is 0 Å². The Morgan fingerprint density at radius 2 is 2.17 bits per heavy atom. The molecule has 0 unspecified atom stereocenters. The van der Waals surface area contributed by atoms with Crippen LogP contribution in [0.3, 0.4) is 0 Å². The van der Waals surface area contributed by atoms with E-state index < -0.39 is 36.4 Å². The number of nitrogens with zero attached hydrogens (tertiary/aromatic N) is 3. The standard InChI is InChI=1S/C20H23N3O7/c1-4-9-26-14-8-6-5-7-13(14)11-25-12-16(24)28-17-15(10-22-23-21)27-19-18(17)29-20(2,3)30-19/h1,5-8,15,17-19H,9-12H2,2-3H3/t15-,17+,18-,19-/m1/s1. The summed E-state index contributed by atoms with van der Waals surface area (Å²) in [5, 5.41) is 3.50. The molecule has 0 bridgehead atoms.